The van der Waals surface area contributed by atoms with E-state index in [9.17, 15) is 0 Å². The van der Waals surface area contributed by atoms with Crippen molar-refractivity contribution in [1.29, 1.82) is 0 Å². The van der Waals surface area contributed by atoms with Crippen molar-refractivity contribution in [2.45, 2.75) is 53.0 Å². The van der Waals surface area contributed by atoms with Gasteiger partial charge in [-0.15, -0.1) is 0 Å². The fourth-order valence-corrected chi connectivity index (χ4v) is 1.99. The lowest BCUT2D eigenvalue weighted by Crippen LogP contribution is -2.40. The summed E-state index contributed by atoms with van der Waals surface area (Å²) >= 11 is 0. The van der Waals surface area contributed by atoms with Gasteiger partial charge in [0.25, 0.3) is 0 Å². The molecular formula is C14H37N3. The lowest BCUT2D eigenvalue weighted by Gasteiger charge is -2.30. The number of nitrogens with two attached hydrogens (primary N) is 1. The highest BCUT2D eigenvalue weighted by Crippen LogP contribution is 2.07. The molecule has 0 aromatic heterocycles. The van der Waals surface area contributed by atoms with Crippen LogP contribution in [-0.4, -0.2) is 43.7 Å². The fourth-order valence-electron chi connectivity index (χ4n) is 1.99. The number of hydrogen-bond donors (Lipinski definition) is 2. The zero-order valence-corrected chi connectivity index (χ0v) is 12.3. The average Bonchev–Trinajstić information content (AvgIpc) is 2.33. The highest BCUT2D eigenvalue weighted by molar-refractivity contribution is 4.73. The van der Waals surface area contributed by atoms with Crippen LogP contribution in [0.4, 0.5) is 0 Å². The van der Waals surface area contributed by atoms with Crippen molar-refractivity contribution in [2.75, 3.05) is 32.7 Å². The molecule has 0 radical (unpaired) electrons. The highest BCUT2D eigenvalue weighted by atomic mass is 15.1. The Morgan fingerprint density at radius 3 is 2.41 bits per heavy atom. The van der Waals surface area contributed by atoms with E-state index in [2.05, 4.69) is 24.1 Å². The molecule has 0 bridgehead atoms. The van der Waals surface area contributed by atoms with Crippen molar-refractivity contribution in [2.24, 2.45) is 11.7 Å². The zero-order valence-electron chi connectivity index (χ0n) is 12.3. The number of hydrogen-bond acceptors (Lipinski definition) is 3. The molecule has 0 saturated carbocycles. The first-order valence-electron chi connectivity index (χ1n) is 7.37. The molecule has 108 valence electrons. The molecule has 0 aromatic carbocycles. The van der Waals surface area contributed by atoms with Crippen molar-refractivity contribution < 1.29 is 2.85 Å². The van der Waals surface area contributed by atoms with Gasteiger partial charge in [-0.2, -0.15) is 0 Å². The lowest BCUT2D eigenvalue weighted by atomic mass is 10.1. The Morgan fingerprint density at radius 1 is 1.29 bits per heavy atom. The van der Waals surface area contributed by atoms with Gasteiger partial charge in [-0.05, 0) is 57.9 Å². The van der Waals surface area contributed by atoms with Crippen LogP contribution in [0.3, 0.4) is 0 Å². The molecule has 17 heavy (non-hydrogen) atoms. The summed E-state index contributed by atoms with van der Waals surface area (Å²) in [7, 11) is 0. The largest absolute Gasteiger partial charge is 0.328 e. The smallest absolute Gasteiger partial charge is 0.00631 e. The van der Waals surface area contributed by atoms with Crippen molar-refractivity contribution >= 4 is 0 Å². The molecule has 1 fully saturated rings. The summed E-state index contributed by atoms with van der Waals surface area (Å²) in [6.45, 7) is 14.4. The molecule has 0 unspecified atom stereocenters. The first-order valence-corrected chi connectivity index (χ1v) is 7.37. The molecule has 3 N–H and O–H groups in total. The minimum Gasteiger partial charge on any atom is -0.328 e. The van der Waals surface area contributed by atoms with Crippen LogP contribution in [0, 0.1) is 5.92 Å². The maximum atomic E-state index is 5.87. The van der Waals surface area contributed by atoms with Gasteiger partial charge in [-0.25, -0.2) is 0 Å². The predicted molar refractivity (Wildman–Crippen MR) is 81.6 cm³/mol. The highest BCUT2D eigenvalue weighted by Gasteiger charge is 2.14. The quantitative estimate of drug-likeness (QED) is 0.709. The van der Waals surface area contributed by atoms with Crippen molar-refractivity contribution in [3.05, 3.63) is 0 Å². The van der Waals surface area contributed by atoms with Crippen LogP contribution in [0.15, 0.2) is 0 Å². The van der Waals surface area contributed by atoms with Gasteiger partial charge in [0.05, 0.1) is 0 Å². The SMILES string of the molecule is CC.CC(C)CNCCCN1CCC(N)CC1.[HH].[HH]. The van der Waals surface area contributed by atoms with E-state index in [-0.39, 0.29) is 2.85 Å². The third-order valence-corrected chi connectivity index (χ3v) is 3.01. The van der Waals surface area contributed by atoms with E-state index in [0.717, 1.165) is 19.0 Å². The second-order valence-corrected chi connectivity index (χ2v) is 5.13. The monoisotopic (exact) mass is 247 g/mol. The van der Waals surface area contributed by atoms with Crippen LogP contribution in [0.1, 0.15) is 49.8 Å². The van der Waals surface area contributed by atoms with E-state index in [1.165, 1.54) is 38.9 Å². The molecule has 0 spiro atoms. The van der Waals surface area contributed by atoms with Gasteiger partial charge < -0.3 is 16.0 Å². The number of likely N-dealkylation sites (tertiary alicyclic amines) is 1. The summed E-state index contributed by atoms with van der Waals surface area (Å²) in [6, 6.07) is 0.459. The van der Waals surface area contributed by atoms with Gasteiger partial charge in [-0.3, -0.25) is 0 Å². The van der Waals surface area contributed by atoms with Gasteiger partial charge in [-0.1, -0.05) is 27.7 Å². The third kappa shape index (κ3) is 9.57. The number of nitrogens with zero attached hydrogens (tertiary/aromatic N) is 1. The second-order valence-electron chi connectivity index (χ2n) is 5.13. The molecule has 1 rings (SSSR count). The molecule has 3 nitrogen and oxygen atoms in total. The van der Waals surface area contributed by atoms with Crippen LogP contribution < -0.4 is 11.1 Å². The maximum absolute atomic E-state index is 5.87. The van der Waals surface area contributed by atoms with Gasteiger partial charge >= 0.3 is 0 Å². The Hall–Kier alpha value is -0.120. The topological polar surface area (TPSA) is 41.3 Å². The van der Waals surface area contributed by atoms with E-state index in [0.29, 0.717) is 6.04 Å². The van der Waals surface area contributed by atoms with E-state index in [1.54, 1.807) is 0 Å². The van der Waals surface area contributed by atoms with Crippen molar-refractivity contribution in [1.82, 2.24) is 10.2 Å². The third-order valence-electron chi connectivity index (χ3n) is 3.01. The predicted octanol–water partition coefficient (Wildman–Crippen LogP) is 2.56. The van der Waals surface area contributed by atoms with Crippen LogP contribution in [0.25, 0.3) is 0 Å². The molecule has 0 atom stereocenters. The number of nitrogens with one attached hydrogen (secondary N) is 1. The Labute approximate surface area is 111 Å². The summed E-state index contributed by atoms with van der Waals surface area (Å²) in [5.41, 5.74) is 5.87. The number of rotatable bonds is 6. The maximum Gasteiger partial charge on any atom is 0.00631 e. The standard InChI is InChI=1S/C12H27N3.C2H6.2H2/c1-11(2)10-14-6-3-7-15-8-4-12(13)5-9-15;1-2;;/h11-12,14H,3-10,13H2,1-2H3;1-2H3;2*1H. The Morgan fingerprint density at radius 2 is 1.88 bits per heavy atom. The van der Waals surface area contributed by atoms with Crippen LogP contribution in [0.5, 0.6) is 0 Å². The van der Waals surface area contributed by atoms with Gasteiger partial charge in [0.2, 0.25) is 0 Å². The molecule has 1 saturated heterocycles. The normalized spacial score (nSPS) is 18.0. The van der Waals surface area contributed by atoms with E-state index in [1.807, 2.05) is 13.8 Å². The molecule has 1 heterocycles. The molecule has 1 aliphatic rings. The van der Waals surface area contributed by atoms with Gasteiger partial charge in [0, 0.05) is 8.90 Å². The summed E-state index contributed by atoms with van der Waals surface area (Å²) in [5, 5.41) is 3.48. The molecular weight excluding hydrogens is 210 g/mol. The summed E-state index contributed by atoms with van der Waals surface area (Å²) < 4.78 is 0. The Bertz CT molecular complexity index is 161. The molecule has 0 aliphatic carbocycles. The van der Waals surface area contributed by atoms with E-state index >= 15 is 0 Å². The average molecular weight is 247 g/mol. The summed E-state index contributed by atoms with van der Waals surface area (Å²) in [5.74, 6) is 0.762. The Balaban J connectivity index is -0.000000609. The first-order chi connectivity index (χ1) is 8.18. The van der Waals surface area contributed by atoms with Crippen LogP contribution >= 0.6 is 0 Å². The van der Waals surface area contributed by atoms with Gasteiger partial charge in [0.15, 0.2) is 0 Å². The fraction of sp³-hybridized carbons (Fsp3) is 1.00. The van der Waals surface area contributed by atoms with Crippen LogP contribution in [0.2, 0.25) is 0 Å². The Kier molecular flexibility index (Phi) is 10.9. The molecule has 3 heteroatoms. The first kappa shape index (κ1) is 16.9. The van der Waals surface area contributed by atoms with Gasteiger partial charge in [0.1, 0.15) is 0 Å². The number of piperidine rings is 1. The minimum absolute atomic E-state index is 0. The molecule has 1 aliphatic heterocycles. The molecule has 0 amide bonds. The second kappa shape index (κ2) is 11.0. The van der Waals surface area contributed by atoms with Crippen LogP contribution in [-0.2, 0) is 0 Å². The summed E-state index contributed by atoms with van der Waals surface area (Å²) in [6.07, 6.45) is 3.63. The molecule has 0 aromatic rings. The zero-order chi connectivity index (χ0) is 13.1. The lowest BCUT2D eigenvalue weighted by molar-refractivity contribution is 0.210. The minimum atomic E-state index is 0. The van der Waals surface area contributed by atoms with Crippen molar-refractivity contribution in [3.8, 4) is 0 Å². The summed E-state index contributed by atoms with van der Waals surface area (Å²) in [4.78, 5) is 2.54. The van der Waals surface area contributed by atoms with E-state index < -0.39 is 0 Å². The van der Waals surface area contributed by atoms with Crippen molar-refractivity contribution in [3.63, 3.8) is 0 Å². The van der Waals surface area contributed by atoms with E-state index in [4.69, 9.17) is 5.73 Å².